The molecular weight excluding hydrogens is 191 g/mol. The van der Waals surface area contributed by atoms with Crippen molar-refractivity contribution in [1.82, 2.24) is 10.3 Å². The van der Waals surface area contributed by atoms with Gasteiger partial charge in [-0.05, 0) is 31.0 Å². The van der Waals surface area contributed by atoms with E-state index in [0.29, 0.717) is 0 Å². The Morgan fingerprint density at radius 1 is 1.53 bits per heavy atom. The molecule has 0 saturated heterocycles. The smallest absolute Gasteiger partial charge is 0.141 e. The highest BCUT2D eigenvalue weighted by molar-refractivity contribution is 5.15. The Bertz CT molecular complexity index is 323. The second-order valence-electron chi connectivity index (χ2n) is 4.31. The number of rotatable bonds is 4. The molecular formula is C12H17FN2. The first-order valence-corrected chi connectivity index (χ1v) is 5.57. The van der Waals surface area contributed by atoms with E-state index in [1.54, 1.807) is 12.3 Å². The predicted molar refractivity (Wildman–Crippen MR) is 58.0 cm³/mol. The van der Waals surface area contributed by atoms with E-state index in [2.05, 4.69) is 10.3 Å². The summed E-state index contributed by atoms with van der Waals surface area (Å²) in [6.07, 6.45) is 8.09. The maximum atomic E-state index is 13.0. The highest BCUT2D eigenvalue weighted by atomic mass is 19.1. The molecule has 3 heteroatoms. The van der Waals surface area contributed by atoms with Gasteiger partial charge in [-0.25, -0.2) is 4.39 Å². The third-order valence-electron chi connectivity index (χ3n) is 3.27. The summed E-state index contributed by atoms with van der Waals surface area (Å²) in [7, 11) is 1.92. The van der Waals surface area contributed by atoms with Gasteiger partial charge in [-0.15, -0.1) is 0 Å². The van der Waals surface area contributed by atoms with E-state index in [4.69, 9.17) is 0 Å². The van der Waals surface area contributed by atoms with E-state index in [0.717, 1.165) is 17.9 Å². The minimum Gasteiger partial charge on any atom is -0.313 e. The van der Waals surface area contributed by atoms with Crippen LogP contribution in [0.5, 0.6) is 0 Å². The molecule has 0 amide bonds. The van der Waals surface area contributed by atoms with Gasteiger partial charge in [0.05, 0.1) is 6.20 Å². The molecule has 1 aliphatic carbocycles. The van der Waals surface area contributed by atoms with Crippen molar-refractivity contribution in [3.63, 3.8) is 0 Å². The molecule has 1 aromatic heterocycles. The molecule has 1 aliphatic rings. The van der Waals surface area contributed by atoms with E-state index in [1.807, 2.05) is 7.05 Å². The molecule has 1 aromatic rings. The average Bonchev–Trinajstić information content (AvgIpc) is 2.16. The molecule has 0 radical (unpaired) electrons. The van der Waals surface area contributed by atoms with Crippen LogP contribution < -0.4 is 5.32 Å². The summed E-state index contributed by atoms with van der Waals surface area (Å²) in [5.41, 5.74) is 0.962. The Hall–Kier alpha value is -0.960. The van der Waals surface area contributed by atoms with Gasteiger partial charge >= 0.3 is 0 Å². The molecule has 0 aliphatic heterocycles. The molecule has 2 rings (SSSR count). The van der Waals surface area contributed by atoms with Gasteiger partial charge in [0.1, 0.15) is 5.82 Å². The van der Waals surface area contributed by atoms with E-state index >= 15 is 0 Å². The number of pyridine rings is 1. The molecule has 0 spiro atoms. The minimum atomic E-state index is -0.249. The van der Waals surface area contributed by atoms with Crippen molar-refractivity contribution in [2.75, 3.05) is 7.05 Å². The van der Waals surface area contributed by atoms with Crippen LogP contribution in [0.1, 0.15) is 37.3 Å². The second kappa shape index (κ2) is 4.71. The fourth-order valence-corrected chi connectivity index (χ4v) is 2.10. The van der Waals surface area contributed by atoms with E-state index < -0.39 is 0 Å². The lowest BCUT2D eigenvalue weighted by molar-refractivity contribution is 0.265. The van der Waals surface area contributed by atoms with Crippen molar-refractivity contribution in [3.05, 3.63) is 29.8 Å². The first kappa shape index (κ1) is 10.6. The van der Waals surface area contributed by atoms with E-state index in [-0.39, 0.29) is 11.9 Å². The molecule has 15 heavy (non-hydrogen) atoms. The van der Waals surface area contributed by atoms with Crippen molar-refractivity contribution in [1.29, 1.82) is 0 Å². The first-order valence-electron chi connectivity index (χ1n) is 5.57. The molecule has 1 atom stereocenters. The Kier molecular flexibility index (Phi) is 3.31. The van der Waals surface area contributed by atoms with Gasteiger partial charge in [0.2, 0.25) is 0 Å². The number of hydrogen-bond acceptors (Lipinski definition) is 2. The van der Waals surface area contributed by atoms with E-state index in [9.17, 15) is 4.39 Å². The third-order valence-corrected chi connectivity index (χ3v) is 3.27. The van der Waals surface area contributed by atoms with E-state index in [1.165, 1.54) is 25.5 Å². The van der Waals surface area contributed by atoms with Crippen molar-refractivity contribution >= 4 is 0 Å². The lowest BCUT2D eigenvalue weighted by Gasteiger charge is -2.29. The Morgan fingerprint density at radius 2 is 2.33 bits per heavy atom. The third kappa shape index (κ3) is 2.53. The summed E-state index contributed by atoms with van der Waals surface area (Å²) >= 11 is 0. The van der Waals surface area contributed by atoms with Crippen molar-refractivity contribution in [2.24, 2.45) is 5.92 Å². The first-order chi connectivity index (χ1) is 7.29. The molecule has 1 fully saturated rings. The molecule has 82 valence electrons. The quantitative estimate of drug-likeness (QED) is 0.822. The van der Waals surface area contributed by atoms with Crippen LogP contribution in [0.2, 0.25) is 0 Å². The van der Waals surface area contributed by atoms with Crippen molar-refractivity contribution in [2.45, 2.75) is 31.7 Å². The van der Waals surface area contributed by atoms with Gasteiger partial charge in [0.25, 0.3) is 0 Å². The summed E-state index contributed by atoms with van der Waals surface area (Å²) in [6.45, 7) is 0. The van der Waals surface area contributed by atoms with Crippen LogP contribution in [0, 0.1) is 11.7 Å². The lowest BCUT2D eigenvalue weighted by atomic mass is 9.80. The summed E-state index contributed by atoms with van der Waals surface area (Å²) < 4.78 is 13.0. The van der Waals surface area contributed by atoms with Gasteiger partial charge in [-0.3, -0.25) is 4.98 Å². The molecule has 1 heterocycles. The zero-order valence-electron chi connectivity index (χ0n) is 9.04. The minimum absolute atomic E-state index is 0.249. The van der Waals surface area contributed by atoms with Crippen molar-refractivity contribution < 1.29 is 4.39 Å². The molecule has 2 nitrogen and oxygen atoms in total. The maximum absolute atomic E-state index is 13.0. The number of nitrogens with zero attached hydrogens (tertiary/aromatic N) is 1. The van der Waals surface area contributed by atoms with Gasteiger partial charge in [0, 0.05) is 12.2 Å². The molecule has 1 saturated carbocycles. The Balaban J connectivity index is 2.04. The normalized spacial score (nSPS) is 18.5. The summed E-state index contributed by atoms with van der Waals surface area (Å²) in [4.78, 5) is 3.89. The van der Waals surface area contributed by atoms with Gasteiger partial charge in [0.15, 0.2) is 0 Å². The molecule has 1 N–H and O–H groups in total. The van der Waals surface area contributed by atoms with Crippen molar-refractivity contribution in [3.8, 4) is 0 Å². The highest BCUT2D eigenvalue weighted by Crippen LogP contribution is 2.34. The average molecular weight is 208 g/mol. The standard InChI is InChI=1S/C12H17FN2/c1-14-12(5-9-3-2-4-9)10-6-11(13)8-15-7-10/h6-9,12,14H,2-5H2,1H3. The van der Waals surface area contributed by atoms with Crippen LogP contribution in [0.4, 0.5) is 4.39 Å². The highest BCUT2D eigenvalue weighted by Gasteiger charge is 2.22. The fraction of sp³-hybridized carbons (Fsp3) is 0.583. The van der Waals surface area contributed by atoms with Crippen LogP contribution in [-0.4, -0.2) is 12.0 Å². The van der Waals surface area contributed by atoms with Crippen LogP contribution in [-0.2, 0) is 0 Å². The largest absolute Gasteiger partial charge is 0.313 e. The monoisotopic (exact) mass is 208 g/mol. The van der Waals surface area contributed by atoms with Crippen LogP contribution in [0.15, 0.2) is 18.5 Å². The second-order valence-corrected chi connectivity index (χ2v) is 4.31. The topological polar surface area (TPSA) is 24.9 Å². The lowest BCUT2D eigenvalue weighted by Crippen LogP contribution is -2.23. The maximum Gasteiger partial charge on any atom is 0.141 e. The SMILES string of the molecule is CNC(CC1CCC1)c1cncc(F)c1. The summed E-state index contributed by atoms with van der Waals surface area (Å²) in [5.74, 6) is 0.562. The molecule has 0 aromatic carbocycles. The summed E-state index contributed by atoms with van der Waals surface area (Å²) in [6, 6.07) is 1.82. The zero-order chi connectivity index (χ0) is 10.7. The number of aromatic nitrogens is 1. The molecule has 0 bridgehead atoms. The van der Waals surface area contributed by atoms with Crippen LogP contribution in [0.3, 0.4) is 0 Å². The van der Waals surface area contributed by atoms with Crippen LogP contribution in [0.25, 0.3) is 0 Å². The summed E-state index contributed by atoms with van der Waals surface area (Å²) in [5, 5.41) is 3.24. The Labute approximate surface area is 89.9 Å². The zero-order valence-corrected chi connectivity index (χ0v) is 9.04. The van der Waals surface area contributed by atoms with Gasteiger partial charge in [-0.1, -0.05) is 19.3 Å². The van der Waals surface area contributed by atoms with Gasteiger partial charge in [-0.2, -0.15) is 0 Å². The molecule has 1 unspecified atom stereocenters. The number of nitrogens with one attached hydrogen (secondary N) is 1. The number of hydrogen-bond donors (Lipinski definition) is 1. The Morgan fingerprint density at radius 3 is 2.87 bits per heavy atom. The fourth-order valence-electron chi connectivity index (χ4n) is 2.10. The predicted octanol–water partition coefficient (Wildman–Crippen LogP) is 2.67. The van der Waals surface area contributed by atoms with Crippen LogP contribution >= 0.6 is 0 Å². The number of halogens is 1. The van der Waals surface area contributed by atoms with Gasteiger partial charge < -0.3 is 5.32 Å².